The van der Waals surface area contributed by atoms with E-state index >= 15 is 0 Å². The van der Waals surface area contributed by atoms with Crippen molar-refractivity contribution in [2.45, 2.75) is 6.42 Å². The number of hydrogen-bond acceptors (Lipinski definition) is 5. The van der Waals surface area contributed by atoms with Gasteiger partial charge in [-0.25, -0.2) is 4.98 Å². The van der Waals surface area contributed by atoms with E-state index in [2.05, 4.69) is 38.2 Å². The van der Waals surface area contributed by atoms with Gasteiger partial charge in [0.05, 0.1) is 0 Å². The molecular formula is C17H22ClN5. The Hall–Kier alpha value is -1.85. The molecule has 122 valence electrons. The van der Waals surface area contributed by atoms with Crippen LogP contribution >= 0.6 is 11.6 Å². The van der Waals surface area contributed by atoms with Crippen molar-refractivity contribution in [3.8, 4) is 0 Å². The highest BCUT2D eigenvalue weighted by molar-refractivity contribution is 6.30. The van der Waals surface area contributed by atoms with Crippen LogP contribution in [-0.4, -0.2) is 54.6 Å². The quantitative estimate of drug-likeness (QED) is 0.912. The summed E-state index contributed by atoms with van der Waals surface area (Å²) in [6.07, 6.45) is 2.73. The standard InChI is InChI=1S/C17H22ClN5/c1-22-9-11-23(12-10-22)17-20-8-6-16(21-17)19-7-5-14-3-2-4-15(18)13-14/h2-4,6,8,13H,5,7,9-12H2,1H3,(H,19,20,21). The van der Waals surface area contributed by atoms with E-state index in [-0.39, 0.29) is 0 Å². The fraction of sp³-hybridized carbons (Fsp3) is 0.412. The molecule has 0 saturated carbocycles. The Bertz CT molecular complexity index is 640. The van der Waals surface area contributed by atoms with Crippen LogP contribution in [0, 0.1) is 0 Å². The summed E-state index contributed by atoms with van der Waals surface area (Å²) in [5.74, 6) is 1.68. The largest absolute Gasteiger partial charge is 0.370 e. The number of nitrogens with zero attached hydrogens (tertiary/aromatic N) is 4. The van der Waals surface area contributed by atoms with Gasteiger partial charge in [0.1, 0.15) is 5.82 Å². The van der Waals surface area contributed by atoms with Crippen LogP contribution in [0.15, 0.2) is 36.5 Å². The average molecular weight is 332 g/mol. The zero-order chi connectivity index (χ0) is 16.1. The molecule has 1 aromatic carbocycles. The molecule has 6 heteroatoms. The zero-order valence-electron chi connectivity index (χ0n) is 13.4. The molecule has 1 aliphatic heterocycles. The molecule has 1 fully saturated rings. The van der Waals surface area contributed by atoms with E-state index in [0.29, 0.717) is 0 Å². The third-order valence-corrected chi connectivity index (χ3v) is 4.27. The van der Waals surface area contributed by atoms with E-state index in [0.717, 1.165) is 55.9 Å². The minimum Gasteiger partial charge on any atom is -0.370 e. The topological polar surface area (TPSA) is 44.3 Å². The molecule has 0 atom stereocenters. The lowest BCUT2D eigenvalue weighted by Crippen LogP contribution is -2.45. The van der Waals surface area contributed by atoms with Crippen LogP contribution in [0.1, 0.15) is 5.56 Å². The highest BCUT2D eigenvalue weighted by Crippen LogP contribution is 2.14. The molecule has 0 radical (unpaired) electrons. The second-order valence-electron chi connectivity index (χ2n) is 5.84. The van der Waals surface area contributed by atoms with Gasteiger partial charge in [-0.1, -0.05) is 23.7 Å². The highest BCUT2D eigenvalue weighted by atomic mass is 35.5. The number of anilines is 2. The van der Waals surface area contributed by atoms with E-state index in [1.54, 1.807) is 0 Å². The van der Waals surface area contributed by atoms with Crippen molar-refractivity contribution in [2.24, 2.45) is 0 Å². The van der Waals surface area contributed by atoms with Gasteiger partial charge in [-0.15, -0.1) is 0 Å². The molecule has 2 heterocycles. The van der Waals surface area contributed by atoms with Crippen molar-refractivity contribution in [1.82, 2.24) is 14.9 Å². The maximum absolute atomic E-state index is 6.01. The van der Waals surface area contributed by atoms with Crippen LogP contribution in [0.25, 0.3) is 0 Å². The third kappa shape index (κ3) is 4.56. The fourth-order valence-electron chi connectivity index (χ4n) is 2.63. The minimum absolute atomic E-state index is 0.780. The Morgan fingerprint density at radius 2 is 2.00 bits per heavy atom. The number of aromatic nitrogens is 2. The molecule has 0 amide bonds. The van der Waals surface area contributed by atoms with Crippen molar-refractivity contribution in [3.63, 3.8) is 0 Å². The molecule has 1 N–H and O–H groups in total. The number of piperazine rings is 1. The monoisotopic (exact) mass is 331 g/mol. The first-order valence-corrected chi connectivity index (χ1v) is 8.33. The van der Waals surface area contributed by atoms with Gasteiger partial charge in [-0.05, 0) is 37.2 Å². The molecule has 0 unspecified atom stereocenters. The third-order valence-electron chi connectivity index (χ3n) is 4.04. The predicted molar refractivity (Wildman–Crippen MR) is 95.4 cm³/mol. The normalized spacial score (nSPS) is 15.7. The SMILES string of the molecule is CN1CCN(c2nccc(NCCc3cccc(Cl)c3)n2)CC1. The summed E-state index contributed by atoms with van der Waals surface area (Å²) in [6, 6.07) is 9.87. The molecule has 0 bridgehead atoms. The molecule has 2 aromatic rings. The van der Waals surface area contributed by atoms with Gasteiger partial charge in [-0.3, -0.25) is 0 Å². The van der Waals surface area contributed by atoms with Gasteiger partial charge in [0, 0.05) is 43.9 Å². The van der Waals surface area contributed by atoms with Crippen molar-refractivity contribution in [2.75, 3.05) is 50.0 Å². The molecule has 1 aromatic heterocycles. The molecule has 1 saturated heterocycles. The van der Waals surface area contributed by atoms with E-state index < -0.39 is 0 Å². The maximum Gasteiger partial charge on any atom is 0.227 e. The Labute approximate surface area is 142 Å². The van der Waals surface area contributed by atoms with E-state index in [4.69, 9.17) is 11.6 Å². The van der Waals surface area contributed by atoms with E-state index in [9.17, 15) is 0 Å². The fourth-order valence-corrected chi connectivity index (χ4v) is 2.85. The Morgan fingerprint density at radius 1 is 1.17 bits per heavy atom. The highest BCUT2D eigenvalue weighted by Gasteiger charge is 2.16. The van der Waals surface area contributed by atoms with Crippen LogP contribution in [0.4, 0.5) is 11.8 Å². The van der Waals surface area contributed by atoms with Gasteiger partial charge in [0.25, 0.3) is 0 Å². The molecule has 0 spiro atoms. The second kappa shape index (κ2) is 7.62. The zero-order valence-corrected chi connectivity index (χ0v) is 14.1. The molecule has 23 heavy (non-hydrogen) atoms. The van der Waals surface area contributed by atoms with Crippen LogP contribution in [0.5, 0.6) is 0 Å². The predicted octanol–water partition coefficient (Wildman–Crippen LogP) is 2.54. The van der Waals surface area contributed by atoms with Crippen molar-refractivity contribution < 1.29 is 0 Å². The van der Waals surface area contributed by atoms with E-state index in [1.165, 1.54) is 5.56 Å². The van der Waals surface area contributed by atoms with Crippen LogP contribution in [0.3, 0.4) is 0 Å². The molecule has 0 aliphatic carbocycles. The minimum atomic E-state index is 0.780. The smallest absolute Gasteiger partial charge is 0.227 e. The summed E-state index contributed by atoms with van der Waals surface area (Å²) < 4.78 is 0. The van der Waals surface area contributed by atoms with Gasteiger partial charge in [0.15, 0.2) is 0 Å². The number of rotatable bonds is 5. The lowest BCUT2D eigenvalue weighted by atomic mass is 10.1. The van der Waals surface area contributed by atoms with Crippen LogP contribution < -0.4 is 10.2 Å². The number of benzene rings is 1. The first-order chi connectivity index (χ1) is 11.2. The molecule has 1 aliphatic rings. The van der Waals surface area contributed by atoms with Crippen molar-refractivity contribution in [3.05, 3.63) is 47.1 Å². The second-order valence-corrected chi connectivity index (χ2v) is 6.28. The molecule has 3 rings (SSSR count). The number of hydrogen-bond donors (Lipinski definition) is 1. The summed E-state index contributed by atoms with van der Waals surface area (Å²) in [6.45, 7) is 4.87. The van der Waals surface area contributed by atoms with Gasteiger partial charge in [0.2, 0.25) is 5.95 Å². The first kappa shape index (κ1) is 16.0. The summed E-state index contributed by atoms with van der Waals surface area (Å²) in [5.41, 5.74) is 1.22. The molecule has 5 nitrogen and oxygen atoms in total. The summed E-state index contributed by atoms with van der Waals surface area (Å²) >= 11 is 6.01. The molecular weight excluding hydrogens is 310 g/mol. The first-order valence-electron chi connectivity index (χ1n) is 7.95. The number of nitrogens with one attached hydrogen (secondary N) is 1. The van der Waals surface area contributed by atoms with Gasteiger partial charge >= 0.3 is 0 Å². The van der Waals surface area contributed by atoms with E-state index in [1.807, 2.05) is 30.5 Å². The van der Waals surface area contributed by atoms with Crippen LogP contribution in [0.2, 0.25) is 5.02 Å². The van der Waals surface area contributed by atoms with Gasteiger partial charge < -0.3 is 15.1 Å². The van der Waals surface area contributed by atoms with Gasteiger partial charge in [-0.2, -0.15) is 4.98 Å². The lowest BCUT2D eigenvalue weighted by molar-refractivity contribution is 0.311. The van der Waals surface area contributed by atoms with Crippen molar-refractivity contribution >= 4 is 23.4 Å². The average Bonchev–Trinajstić information content (AvgIpc) is 2.56. The van der Waals surface area contributed by atoms with Crippen molar-refractivity contribution in [1.29, 1.82) is 0 Å². The summed E-state index contributed by atoms with van der Waals surface area (Å²) in [4.78, 5) is 13.6. The summed E-state index contributed by atoms with van der Waals surface area (Å²) in [7, 11) is 2.14. The Kier molecular flexibility index (Phi) is 5.31. The van der Waals surface area contributed by atoms with Crippen LogP contribution in [-0.2, 0) is 6.42 Å². The summed E-state index contributed by atoms with van der Waals surface area (Å²) in [5, 5.41) is 4.15. The number of halogens is 1. The Morgan fingerprint density at radius 3 is 2.78 bits per heavy atom. The Balaban J connectivity index is 1.55. The number of likely N-dealkylation sites (N-methyl/N-ethyl adjacent to an activating group) is 1. The lowest BCUT2D eigenvalue weighted by Gasteiger charge is -2.32. The maximum atomic E-state index is 6.01.